The van der Waals surface area contributed by atoms with E-state index in [1.54, 1.807) is 0 Å². The number of nitrogens with one attached hydrogen (secondary N) is 2. The normalized spacial score (nSPS) is 23.0. The lowest BCUT2D eigenvalue weighted by Gasteiger charge is -2.33. The van der Waals surface area contributed by atoms with Gasteiger partial charge in [0.15, 0.2) is 0 Å². The summed E-state index contributed by atoms with van der Waals surface area (Å²) in [5.74, 6) is 0.170. The van der Waals surface area contributed by atoms with Crippen LogP contribution in [0.25, 0.3) is 0 Å². The summed E-state index contributed by atoms with van der Waals surface area (Å²) in [6, 6.07) is 8.66. The molecule has 2 N–H and O–H groups in total. The van der Waals surface area contributed by atoms with Crippen LogP contribution in [0.3, 0.4) is 0 Å². The summed E-state index contributed by atoms with van der Waals surface area (Å²) in [4.78, 5) is 15.0. The minimum absolute atomic E-state index is 0.0800. The third-order valence-corrected chi connectivity index (χ3v) is 4.87. The average Bonchev–Trinajstić information content (AvgIpc) is 2.56. The molecule has 1 fully saturated rings. The van der Waals surface area contributed by atoms with Crippen molar-refractivity contribution >= 4 is 5.91 Å². The van der Waals surface area contributed by atoms with Crippen molar-refractivity contribution in [3.05, 3.63) is 35.4 Å². The van der Waals surface area contributed by atoms with Gasteiger partial charge in [-0.2, -0.15) is 0 Å². The number of carbonyl (C=O) groups is 1. The maximum absolute atomic E-state index is 12.5. The summed E-state index contributed by atoms with van der Waals surface area (Å²) in [6.07, 6.45) is 4.17. The summed E-state index contributed by atoms with van der Waals surface area (Å²) in [5, 5.41) is 6.63. The van der Waals surface area contributed by atoms with Gasteiger partial charge in [-0.25, -0.2) is 0 Å². The van der Waals surface area contributed by atoms with Crippen molar-refractivity contribution < 1.29 is 4.79 Å². The first-order valence-electron chi connectivity index (χ1n) is 8.59. The Bertz CT molecular complexity index is 509. The van der Waals surface area contributed by atoms with Gasteiger partial charge in [-0.05, 0) is 43.4 Å². The SMILES string of the molecule is CCCN1CCC(NC(=O)C2Cc3ccccc3CN2)CC1. The molecule has 2 aliphatic rings. The van der Waals surface area contributed by atoms with Gasteiger partial charge in [-0.3, -0.25) is 4.79 Å². The van der Waals surface area contributed by atoms with Gasteiger partial charge < -0.3 is 15.5 Å². The van der Waals surface area contributed by atoms with E-state index in [9.17, 15) is 4.79 Å². The van der Waals surface area contributed by atoms with Gasteiger partial charge >= 0.3 is 0 Å². The van der Waals surface area contributed by atoms with Crippen LogP contribution in [0.1, 0.15) is 37.3 Å². The standard InChI is InChI=1S/C18H27N3O/c1-2-9-21-10-7-16(8-11-21)20-18(22)17-12-14-5-3-4-6-15(14)13-19-17/h3-6,16-17,19H,2,7-13H2,1H3,(H,20,22). The number of hydrogen-bond donors (Lipinski definition) is 2. The Morgan fingerprint density at radius 3 is 2.73 bits per heavy atom. The lowest BCUT2D eigenvalue weighted by molar-refractivity contribution is -0.124. The largest absolute Gasteiger partial charge is 0.352 e. The predicted molar refractivity (Wildman–Crippen MR) is 88.7 cm³/mol. The van der Waals surface area contributed by atoms with Crippen molar-refractivity contribution in [1.29, 1.82) is 0 Å². The van der Waals surface area contributed by atoms with E-state index in [1.807, 2.05) is 0 Å². The van der Waals surface area contributed by atoms with E-state index in [-0.39, 0.29) is 11.9 Å². The molecule has 0 radical (unpaired) electrons. The van der Waals surface area contributed by atoms with Crippen LogP contribution < -0.4 is 10.6 Å². The highest BCUT2D eigenvalue weighted by Gasteiger charge is 2.27. The highest BCUT2D eigenvalue weighted by molar-refractivity contribution is 5.82. The van der Waals surface area contributed by atoms with E-state index in [1.165, 1.54) is 24.1 Å². The fraction of sp³-hybridized carbons (Fsp3) is 0.611. The summed E-state index contributed by atoms with van der Waals surface area (Å²) in [6.45, 7) is 6.42. The van der Waals surface area contributed by atoms with Crippen molar-refractivity contribution in [3.8, 4) is 0 Å². The van der Waals surface area contributed by atoms with Crippen LogP contribution in [0.15, 0.2) is 24.3 Å². The lowest BCUT2D eigenvalue weighted by Crippen LogP contribution is -2.52. The van der Waals surface area contributed by atoms with Crippen LogP contribution in [-0.4, -0.2) is 42.5 Å². The second-order valence-corrected chi connectivity index (χ2v) is 6.53. The number of carbonyl (C=O) groups excluding carboxylic acids is 1. The lowest BCUT2D eigenvalue weighted by atomic mass is 9.95. The summed E-state index contributed by atoms with van der Waals surface area (Å²) in [5.41, 5.74) is 2.62. The minimum atomic E-state index is -0.0800. The number of likely N-dealkylation sites (tertiary alicyclic amines) is 1. The molecule has 4 heteroatoms. The van der Waals surface area contributed by atoms with Crippen molar-refractivity contribution in [1.82, 2.24) is 15.5 Å². The van der Waals surface area contributed by atoms with Gasteiger partial charge in [-0.15, -0.1) is 0 Å². The fourth-order valence-corrected chi connectivity index (χ4v) is 3.56. The van der Waals surface area contributed by atoms with Crippen molar-refractivity contribution in [2.45, 2.75) is 51.2 Å². The molecule has 1 aromatic carbocycles. The molecule has 2 heterocycles. The quantitative estimate of drug-likeness (QED) is 0.889. The molecule has 3 rings (SSSR count). The second-order valence-electron chi connectivity index (χ2n) is 6.53. The zero-order chi connectivity index (χ0) is 15.4. The Balaban J connectivity index is 1.49. The molecule has 0 bridgehead atoms. The molecule has 1 saturated heterocycles. The number of nitrogens with zero attached hydrogens (tertiary/aromatic N) is 1. The van der Waals surface area contributed by atoms with Crippen LogP contribution in [0.5, 0.6) is 0 Å². The third-order valence-electron chi connectivity index (χ3n) is 4.87. The Hall–Kier alpha value is -1.39. The molecule has 0 saturated carbocycles. The van der Waals surface area contributed by atoms with E-state index >= 15 is 0 Å². The van der Waals surface area contributed by atoms with E-state index < -0.39 is 0 Å². The highest BCUT2D eigenvalue weighted by Crippen LogP contribution is 2.17. The molecular formula is C18H27N3O. The maximum atomic E-state index is 12.5. The van der Waals surface area contributed by atoms with Gasteiger partial charge in [0, 0.05) is 25.7 Å². The summed E-state index contributed by atoms with van der Waals surface area (Å²) < 4.78 is 0. The van der Waals surface area contributed by atoms with Crippen LogP contribution in [0, 0.1) is 0 Å². The number of piperidine rings is 1. The maximum Gasteiger partial charge on any atom is 0.237 e. The number of rotatable bonds is 4. The zero-order valence-electron chi connectivity index (χ0n) is 13.5. The van der Waals surface area contributed by atoms with Gasteiger partial charge in [-0.1, -0.05) is 31.2 Å². The molecule has 1 unspecified atom stereocenters. The van der Waals surface area contributed by atoms with Gasteiger partial charge in [0.05, 0.1) is 6.04 Å². The third kappa shape index (κ3) is 3.68. The zero-order valence-corrected chi connectivity index (χ0v) is 13.5. The number of fused-ring (bicyclic) bond motifs is 1. The molecule has 4 nitrogen and oxygen atoms in total. The Morgan fingerprint density at radius 2 is 2.00 bits per heavy atom. The molecular weight excluding hydrogens is 274 g/mol. The van der Waals surface area contributed by atoms with Crippen LogP contribution in [0.4, 0.5) is 0 Å². The molecule has 22 heavy (non-hydrogen) atoms. The van der Waals surface area contributed by atoms with Gasteiger partial charge in [0.25, 0.3) is 0 Å². The summed E-state index contributed by atoms with van der Waals surface area (Å²) in [7, 11) is 0. The molecule has 0 aromatic heterocycles. The van der Waals surface area contributed by atoms with E-state index in [0.717, 1.165) is 38.9 Å². The molecule has 0 aliphatic carbocycles. The van der Waals surface area contributed by atoms with E-state index in [2.05, 4.69) is 46.7 Å². The summed E-state index contributed by atoms with van der Waals surface area (Å²) >= 11 is 0. The fourth-order valence-electron chi connectivity index (χ4n) is 3.56. The van der Waals surface area contributed by atoms with Crippen LogP contribution >= 0.6 is 0 Å². The minimum Gasteiger partial charge on any atom is -0.352 e. The molecule has 1 atom stereocenters. The first-order valence-corrected chi connectivity index (χ1v) is 8.59. The first kappa shape index (κ1) is 15.5. The highest BCUT2D eigenvalue weighted by atomic mass is 16.2. The molecule has 2 aliphatic heterocycles. The van der Waals surface area contributed by atoms with Gasteiger partial charge in [0.2, 0.25) is 5.91 Å². The van der Waals surface area contributed by atoms with Crippen LogP contribution in [-0.2, 0) is 17.8 Å². The number of benzene rings is 1. The molecule has 0 spiro atoms. The average molecular weight is 301 g/mol. The Labute approximate surface area is 133 Å². The number of amides is 1. The second kappa shape index (κ2) is 7.25. The number of hydrogen-bond acceptors (Lipinski definition) is 3. The van der Waals surface area contributed by atoms with E-state index in [0.29, 0.717) is 6.04 Å². The first-order chi connectivity index (χ1) is 10.8. The molecule has 1 amide bonds. The molecule has 1 aromatic rings. The van der Waals surface area contributed by atoms with Crippen molar-refractivity contribution in [2.24, 2.45) is 0 Å². The predicted octanol–water partition coefficient (Wildman–Crippen LogP) is 1.69. The monoisotopic (exact) mass is 301 g/mol. The van der Waals surface area contributed by atoms with Crippen LogP contribution in [0.2, 0.25) is 0 Å². The Morgan fingerprint density at radius 1 is 1.27 bits per heavy atom. The topological polar surface area (TPSA) is 44.4 Å². The Kier molecular flexibility index (Phi) is 5.11. The van der Waals surface area contributed by atoms with Crippen molar-refractivity contribution in [2.75, 3.05) is 19.6 Å². The van der Waals surface area contributed by atoms with Crippen molar-refractivity contribution in [3.63, 3.8) is 0 Å². The molecule has 120 valence electrons. The van der Waals surface area contributed by atoms with Gasteiger partial charge in [0.1, 0.15) is 0 Å². The smallest absolute Gasteiger partial charge is 0.237 e. The van der Waals surface area contributed by atoms with E-state index in [4.69, 9.17) is 0 Å².